The topological polar surface area (TPSA) is 68.3 Å². The number of ether oxygens (including phenoxy) is 3. The van der Waals surface area contributed by atoms with Gasteiger partial charge in [-0.15, -0.1) is 0 Å². The minimum atomic E-state index is -0.636. The summed E-state index contributed by atoms with van der Waals surface area (Å²) in [5.41, 5.74) is 4.95. The van der Waals surface area contributed by atoms with Crippen LogP contribution in [0.15, 0.2) is 78.4 Å². The van der Waals surface area contributed by atoms with E-state index in [0.29, 0.717) is 49.1 Å². The Morgan fingerprint density at radius 2 is 1.67 bits per heavy atom. The van der Waals surface area contributed by atoms with Gasteiger partial charge in [0.25, 0.3) is 5.91 Å². The maximum absolute atomic E-state index is 14.6. The number of nitrogens with zero attached hydrogens (tertiary/aromatic N) is 2. The lowest BCUT2D eigenvalue weighted by atomic mass is 9.90. The Kier molecular flexibility index (Phi) is 10.5. The van der Waals surface area contributed by atoms with Gasteiger partial charge in [0, 0.05) is 49.9 Å². The zero-order valence-corrected chi connectivity index (χ0v) is 27.4. The first-order valence-electron chi connectivity index (χ1n) is 15.7. The van der Waals surface area contributed by atoms with Crippen molar-refractivity contribution in [2.24, 2.45) is 0 Å². The number of hydrogen-bond donors (Lipinski definition) is 0. The Labute approximate surface area is 271 Å². The van der Waals surface area contributed by atoms with Gasteiger partial charge < -0.3 is 24.0 Å². The van der Waals surface area contributed by atoms with E-state index >= 15 is 0 Å². The fourth-order valence-electron chi connectivity index (χ4n) is 5.54. The summed E-state index contributed by atoms with van der Waals surface area (Å²) in [5, 5.41) is 0.585. The number of hydrogen-bond acceptors (Lipinski definition) is 5. The van der Waals surface area contributed by atoms with Gasteiger partial charge in [-0.3, -0.25) is 4.79 Å². The van der Waals surface area contributed by atoms with E-state index < -0.39 is 11.7 Å². The number of halogens is 1. The van der Waals surface area contributed by atoms with Crippen LogP contribution in [-0.2, 0) is 20.8 Å². The lowest BCUT2D eigenvalue weighted by Crippen LogP contribution is -2.44. The van der Waals surface area contributed by atoms with Gasteiger partial charge in [-0.2, -0.15) is 0 Å². The average molecular weight is 631 g/mol. The highest BCUT2D eigenvalue weighted by atomic mass is 35.5. The van der Waals surface area contributed by atoms with E-state index in [1.807, 2.05) is 68.1 Å². The highest BCUT2D eigenvalue weighted by Crippen LogP contribution is 2.36. The van der Waals surface area contributed by atoms with Crippen LogP contribution in [-0.4, -0.2) is 66.9 Å². The molecule has 1 aliphatic carbocycles. The van der Waals surface area contributed by atoms with Crippen LogP contribution >= 0.6 is 11.6 Å². The van der Waals surface area contributed by atoms with E-state index in [2.05, 4.69) is 30.3 Å². The summed E-state index contributed by atoms with van der Waals surface area (Å²) in [7, 11) is 1.67. The number of methoxy groups -OCH3 is 1. The molecule has 3 aromatic rings. The van der Waals surface area contributed by atoms with Crippen LogP contribution in [0.5, 0.6) is 5.75 Å². The van der Waals surface area contributed by atoms with Crippen LogP contribution < -0.4 is 4.74 Å². The van der Waals surface area contributed by atoms with Gasteiger partial charge in [0.15, 0.2) is 0 Å². The van der Waals surface area contributed by atoms with Crippen molar-refractivity contribution in [3.63, 3.8) is 0 Å². The van der Waals surface area contributed by atoms with Crippen molar-refractivity contribution < 1.29 is 23.8 Å². The fraction of sp³-hybridized carbons (Fsp3) is 0.405. The van der Waals surface area contributed by atoms with Gasteiger partial charge in [0.1, 0.15) is 11.4 Å². The number of carbonyl (C=O) groups excluding carboxylic acids is 2. The van der Waals surface area contributed by atoms with Gasteiger partial charge >= 0.3 is 6.09 Å². The van der Waals surface area contributed by atoms with Crippen molar-refractivity contribution in [1.29, 1.82) is 0 Å². The van der Waals surface area contributed by atoms with Crippen molar-refractivity contribution >= 4 is 29.2 Å². The van der Waals surface area contributed by atoms with E-state index in [0.717, 1.165) is 47.1 Å². The number of rotatable bonds is 11. The molecule has 0 N–H and O–H groups in total. The predicted molar refractivity (Wildman–Crippen MR) is 178 cm³/mol. The summed E-state index contributed by atoms with van der Waals surface area (Å²) in [6.45, 7) is 7.70. The molecule has 1 aliphatic heterocycles. The van der Waals surface area contributed by atoms with Gasteiger partial charge in [-0.25, -0.2) is 4.79 Å². The van der Waals surface area contributed by atoms with Crippen LogP contribution in [0.1, 0.15) is 57.6 Å². The van der Waals surface area contributed by atoms with Crippen molar-refractivity contribution in [3.05, 3.63) is 94.5 Å². The molecule has 0 aromatic heterocycles. The Hall–Kier alpha value is -3.81. The average Bonchev–Trinajstić information content (AvgIpc) is 3.88. The maximum Gasteiger partial charge on any atom is 0.410 e. The largest absolute Gasteiger partial charge is 0.493 e. The standard InChI is InChI=1S/C37H43ClN2O5/c1-37(2,3)45-36(42)39-19-18-32(28-13-8-12-27(22-28)26-10-6-5-7-11-26)33(25-39)35(41)40(30-14-15-30)24-29-23-31(16-17-34(29)38)44-21-9-20-43-4/h5-8,10-13,16-17,22-23,30H,9,14-15,18-21,24-25H2,1-4H3. The van der Waals surface area contributed by atoms with E-state index in [9.17, 15) is 9.59 Å². The summed E-state index contributed by atoms with van der Waals surface area (Å²) < 4.78 is 16.8. The summed E-state index contributed by atoms with van der Waals surface area (Å²) >= 11 is 6.67. The lowest BCUT2D eigenvalue weighted by molar-refractivity contribution is -0.128. The second-order valence-corrected chi connectivity index (χ2v) is 13.1. The molecule has 45 heavy (non-hydrogen) atoms. The summed E-state index contributed by atoms with van der Waals surface area (Å²) in [4.78, 5) is 31.4. The minimum absolute atomic E-state index is 0.0756. The van der Waals surface area contributed by atoms with E-state index in [-0.39, 0.29) is 18.5 Å². The zero-order valence-electron chi connectivity index (χ0n) is 26.7. The Bertz CT molecular complexity index is 1530. The highest BCUT2D eigenvalue weighted by Gasteiger charge is 2.38. The summed E-state index contributed by atoms with van der Waals surface area (Å²) in [5.74, 6) is 0.633. The highest BCUT2D eigenvalue weighted by molar-refractivity contribution is 6.31. The Morgan fingerprint density at radius 1 is 0.933 bits per heavy atom. The zero-order chi connectivity index (χ0) is 32.0. The molecule has 238 valence electrons. The first-order chi connectivity index (χ1) is 21.6. The molecular formula is C37H43ClN2O5. The van der Waals surface area contributed by atoms with Crippen molar-refractivity contribution in [2.75, 3.05) is 33.4 Å². The maximum atomic E-state index is 14.6. The number of carbonyl (C=O) groups is 2. The molecule has 2 aliphatic rings. The number of benzene rings is 3. The molecule has 8 heteroatoms. The Balaban J connectivity index is 1.48. The quantitative estimate of drug-likeness (QED) is 0.201. The van der Waals surface area contributed by atoms with Crippen molar-refractivity contribution in [1.82, 2.24) is 9.80 Å². The van der Waals surface area contributed by atoms with Crippen LogP contribution in [0.25, 0.3) is 16.7 Å². The Morgan fingerprint density at radius 3 is 2.38 bits per heavy atom. The van der Waals surface area contributed by atoms with Crippen LogP contribution in [0.2, 0.25) is 5.02 Å². The molecule has 1 heterocycles. The van der Waals surface area contributed by atoms with Crippen molar-refractivity contribution in [3.8, 4) is 16.9 Å². The van der Waals surface area contributed by atoms with Gasteiger partial charge in [-0.1, -0.05) is 60.1 Å². The fourth-order valence-corrected chi connectivity index (χ4v) is 5.72. The predicted octanol–water partition coefficient (Wildman–Crippen LogP) is 8.01. The molecular weight excluding hydrogens is 588 g/mol. The molecule has 0 radical (unpaired) electrons. The molecule has 1 fully saturated rings. The second-order valence-electron chi connectivity index (χ2n) is 12.7. The molecule has 0 atom stereocenters. The van der Waals surface area contributed by atoms with E-state index in [4.69, 9.17) is 25.8 Å². The smallest absolute Gasteiger partial charge is 0.410 e. The normalized spacial score (nSPS) is 15.2. The SMILES string of the molecule is COCCCOc1ccc(Cl)c(CN(C(=O)C2=C(c3cccc(-c4ccccc4)c3)CCN(C(=O)OC(C)(C)C)C2)C2CC2)c1. The molecule has 0 unspecified atom stereocenters. The third-order valence-electron chi connectivity index (χ3n) is 7.94. The molecule has 0 bridgehead atoms. The summed E-state index contributed by atoms with van der Waals surface area (Å²) in [6.07, 6.45) is 2.77. The van der Waals surface area contributed by atoms with Gasteiger partial charge in [0.05, 0.1) is 13.2 Å². The lowest BCUT2D eigenvalue weighted by Gasteiger charge is -2.34. The monoisotopic (exact) mass is 630 g/mol. The molecule has 2 amide bonds. The molecule has 3 aromatic carbocycles. The number of amides is 2. The van der Waals surface area contributed by atoms with E-state index in [1.54, 1.807) is 12.0 Å². The molecule has 0 saturated heterocycles. The second kappa shape index (κ2) is 14.5. The van der Waals surface area contributed by atoms with Crippen LogP contribution in [0.3, 0.4) is 0 Å². The minimum Gasteiger partial charge on any atom is -0.493 e. The van der Waals surface area contributed by atoms with Crippen LogP contribution in [0, 0.1) is 0 Å². The third kappa shape index (κ3) is 8.68. The molecule has 1 saturated carbocycles. The molecule has 7 nitrogen and oxygen atoms in total. The van der Waals surface area contributed by atoms with Crippen molar-refractivity contribution in [2.45, 2.75) is 64.6 Å². The van der Waals surface area contributed by atoms with E-state index in [1.165, 1.54) is 0 Å². The first kappa shape index (κ1) is 32.6. The third-order valence-corrected chi connectivity index (χ3v) is 8.31. The van der Waals surface area contributed by atoms with Gasteiger partial charge in [0.2, 0.25) is 0 Å². The van der Waals surface area contributed by atoms with Crippen LogP contribution in [0.4, 0.5) is 4.79 Å². The first-order valence-corrected chi connectivity index (χ1v) is 16.1. The summed E-state index contributed by atoms with van der Waals surface area (Å²) in [6, 6.07) is 24.2. The molecule has 0 spiro atoms. The van der Waals surface area contributed by atoms with Gasteiger partial charge in [-0.05, 0) is 92.1 Å². The molecule has 5 rings (SSSR count).